The fraction of sp³-hybridized carbons (Fsp3) is 0.739. The van der Waals surface area contributed by atoms with Crippen LogP contribution < -0.4 is 4.90 Å². The molecule has 0 aliphatic carbocycles. The molecule has 2 aliphatic heterocycles. The summed E-state index contributed by atoms with van der Waals surface area (Å²) in [6.07, 6.45) is 3.26. The van der Waals surface area contributed by atoms with Gasteiger partial charge in [-0.25, -0.2) is 18.6 Å². The van der Waals surface area contributed by atoms with Crippen LogP contribution in [-0.2, 0) is 11.2 Å². The number of aryl methyl sites for hydroxylation is 2. The second-order valence-corrected chi connectivity index (χ2v) is 10.6. The Kier molecular flexibility index (Phi) is 5.99. The smallest absolute Gasteiger partial charge is 0.410 e. The zero-order valence-electron chi connectivity index (χ0n) is 20.3. The number of anilines is 1. The molecule has 4 heterocycles. The van der Waals surface area contributed by atoms with Crippen molar-refractivity contribution in [1.82, 2.24) is 24.5 Å². The van der Waals surface area contributed by atoms with E-state index < -0.39 is 11.5 Å². The Labute approximate surface area is 193 Å². The van der Waals surface area contributed by atoms with Crippen LogP contribution in [0, 0.1) is 6.92 Å². The van der Waals surface area contributed by atoms with Gasteiger partial charge in [0.15, 0.2) is 5.65 Å². The van der Waals surface area contributed by atoms with Gasteiger partial charge in [-0.05, 0) is 66.7 Å². The molecule has 2 fully saturated rings. The van der Waals surface area contributed by atoms with Crippen molar-refractivity contribution in [2.45, 2.75) is 103 Å². The van der Waals surface area contributed by atoms with E-state index in [1.165, 1.54) is 0 Å². The summed E-state index contributed by atoms with van der Waals surface area (Å²) >= 11 is 0. The Morgan fingerprint density at radius 3 is 2.39 bits per heavy atom. The van der Waals surface area contributed by atoms with Crippen LogP contribution in [0.1, 0.15) is 71.3 Å². The molecular weight excluding hydrogens is 430 g/mol. The molecule has 2 bridgehead atoms. The highest BCUT2D eigenvalue weighted by Gasteiger charge is 2.45. The Balaban J connectivity index is 1.56. The summed E-state index contributed by atoms with van der Waals surface area (Å²) in [5, 5.41) is 4.58. The number of piperidine rings is 1. The van der Waals surface area contributed by atoms with Crippen molar-refractivity contribution in [2.24, 2.45) is 0 Å². The molecule has 8 nitrogen and oxygen atoms in total. The first-order valence-corrected chi connectivity index (χ1v) is 11.7. The van der Waals surface area contributed by atoms with Gasteiger partial charge in [-0.15, -0.1) is 0 Å². The third kappa shape index (κ3) is 5.19. The third-order valence-corrected chi connectivity index (χ3v) is 6.46. The zero-order chi connectivity index (χ0) is 24.1. The highest BCUT2D eigenvalue weighted by atomic mass is 19.3. The molecular formula is C23H34F2N6O2. The van der Waals surface area contributed by atoms with E-state index in [2.05, 4.69) is 15.0 Å². The van der Waals surface area contributed by atoms with E-state index in [9.17, 15) is 13.6 Å². The van der Waals surface area contributed by atoms with Gasteiger partial charge < -0.3 is 14.5 Å². The van der Waals surface area contributed by atoms with Crippen molar-refractivity contribution in [1.29, 1.82) is 0 Å². The average molecular weight is 465 g/mol. The normalized spacial score (nSPS) is 23.3. The second-order valence-electron chi connectivity index (χ2n) is 10.6. The van der Waals surface area contributed by atoms with Gasteiger partial charge >= 0.3 is 6.09 Å². The van der Waals surface area contributed by atoms with Crippen molar-refractivity contribution in [2.75, 3.05) is 11.9 Å². The molecule has 182 valence electrons. The maximum absolute atomic E-state index is 13.4. The van der Waals surface area contributed by atoms with Crippen molar-refractivity contribution in [3.8, 4) is 0 Å². The average Bonchev–Trinajstić information content (AvgIpc) is 3.20. The van der Waals surface area contributed by atoms with E-state index >= 15 is 0 Å². The van der Waals surface area contributed by atoms with Crippen LogP contribution in [0.25, 0.3) is 5.65 Å². The van der Waals surface area contributed by atoms with Gasteiger partial charge in [-0.1, -0.05) is 0 Å². The minimum absolute atomic E-state index is 0.0898. The Bertz CT molecular complexity index is 1010. The van der Waals surface area contributed by atoms with Gasteiger partial charge in [-0.2, -0.15) is 14.6 Å². The minimum atomic E-state index is -2.73. The summed E-state index contributed by atoms with van der Waals surface area (Å²) in [5.74, 6) is -1.41. The Hall–Kier alpha value is -2.52. The van der Waals surface area contributed by atoms with Crippen molar-refractivity contribution >= 4 is 17.7 Å². The molecule has 0 spiro atoms. The maximum atomic E-state index is 13.4. The van der Waals surface area contributed by atoms with Crippen molar-refractivity contribution < 1.29 is 18.3 Å². The highest BCUT2D eigenvalue weighted by Crippen LogP contribution is 2.40. The van der Waals surface area contributed by atoms with Crippen molar-refractivity contribution in [3.63, 3.8) is 0 Å². The quantitative estimate of drug-likeness (QED) is 0.653. The predicted molar refractivity (Wildman–Crippen MR) is 121 cm³/mol. The maximum Gasteiger partial charge on any atom is 0.410 e. The van der Waals surface area contributed by atoms with E-state index in [0.29, 0.717) is 23.1 Å². The van der Waals surface area contributed by atoms with Crippen LogP contribution in [0.5, 0.6) is 0 Å². The predicted octanol–water partition coefficient (Wildman–Crippen LogP) is 4.39. The number of alkyl halides is 2. The number of aromatic nitrogens is 4. The number of nitrogens with zero attached hydrogens (tertiary/aromatic N) is 6. The van der Waals surface area contributed by atoms with Crippen LogP contribution >= 0.6 is 0 Å². The molecule has 0 radical (unpaired) electrons. The number of rotatable bonds is 5. The molecule has 0 N–H and O–H groups in total. The lowest BCUT2D eigenvalue weighted by atomic mass is 9.96. The number of amides is 1. The molecule has 2 aromatic heterocycles. The lowest BCUT2D eigenvalue weighted by Gasteiger charge is -2.42. The van der Waals surface area contributed by atoms with Crippen LogP contribution in [0.2, 0.25) is 0 Å². The summed E-state index contributed by atoms with van der Waals surface area (Å²) in [5.41, 5.74) is 0.679. The van der Waals surface area contributed by atoms with E-state index in [1.807, 2.05) is 34.7 Å². The molecule has 33 heavy (non-hydrogen) atoms. The van der Waals surface area contributed by atoms with E-state index in [0.717, 1.165) is 32.6 Å². The summed E-state index contributed by atoms with van der Waals surface area (Å²) in [4.78, 5) is 25.8. The SMILES string of the molecule is Cc1nc(N2[C@@H]3CC[C@H]2CC(N(C)C(=O)OC(C)(C)C)C3)n2nc(CCC(C)(F)F)cc2n1. The molecule has 0 saturated carbocycles. The van der Waals surface area contributed by atoms with Gasteiger partial charge in [0.2, 0.25) is 11.9 Å². The van der Waals surface area contributed by atoms with E-state index in [1.54, 1.807) is 15.5 Å². The van der Waals surface area contributed by atoms with Crippen LogP contribution in [-0.4, -0.2) is 67.3 Å². The number of ether oxygens (including phenoxy) is 1. The van der Waals surface area contributed by atoms with Gasteiger partial charge in [0.25, 0.3) is 0 Å². The molecule has 2 aromatic rings. The first-order valence-electron chi connectivity index (χ1n) is 11.7. The standard InChI is InChI=1S/C23H34F2N6O2/c1-14-26-19-11-15(9-10-23(5,24)25)28-31(19)20(27-14)30-16-7-8-17(30)13-18(12-16)29(6)21(32)33-22(2,3)4/h11,16-18H,7-10,12-13H2,1-6H3/t16-,17+,18?. The summed E-state index contributed by atoms with van der Waals surface area (Å²) in [6.45, 7) is 8.37. The lowest BCUT2D eigenvalue weighted by molar-refractivity contribution is 0.0129. The van der Waals surface area contributed by atoms with Gasteiger partial charge in [-0.3, -0.25) is 0 Å². The van der Waals surface area contributed by atoms with Gasteiger partial charge in [0.05, 0.1) is 5.69 Å². The number of fused-ring (bicyclic) bond motifs is 3. The first kappa shape index (κ1) is 23.6. The van der Waals surface area contributed by atoms with Gasteiger partial charge in [0, 0.05) is 37.7 Å². The summed E-state index contributed by atoms with van der Waals surface area (Å²) < 4.78 is 34.0. The largest absolute Gasteiger partial charge is 0.444 e. The Morgan fingerprint density at radius 1 is 1.18 bits per heavy atom. The number of halogens is 2. The van der Waals surface area contributed by atoms with Crippen molar-refractivity contribution in [3.05, 3.63) is 17.6 Å². The first-order chi connectivity index (χ1) is 15.3. The number of carbonyl (C=O) groups excluding carboxylic acids is 1. The summed E-state index contributed by atoms with van der Waals surface area (Å²) in [7, 11) is 1.81. The molecule has 0 aromatic carbocycles. The number of hydrogen-bond donors (Lipinski definition) is 0. The van der Waals surface area contributed by atoms with Crippen LogP contribution in [0.15, 0.2) is 6.07 Å². The highest BCUT2D eigenvalue weighted by molar-refractivity contribution is 5.68. The van der Waals surface area contributed by atoms with Gasteiger partial charge in [0.1, 0.15) is 11.4 Å². The second kappa shape index (κ2) is 8.36. The molecule has 2 aliphatic rings. The monoisotopic (exact) mass is 464 g/mol. The van der Waals surface area contributed by atoms with E-state index in [-0.39, 0.29) is 37.1 Å². The molecule has 3 atom stereocenters. The van der Waals surface area contributed by atoms with Crippen LogP contribution in [0.3, 0.4) is 0 Å². The minimum Gasteiger partial charge on any atom is -0.444 e. The molecule has 10 heteroatoms. The zero-order valence-corrected chi connectivity index (χ0v) is 20.3. The van der Waals surface area contributed by atoms with Crippen LogP contribution in [0.4, 0.5) is 19.5 Å². The fourth-order valence-electron chi connectivity index (χ4n) is 4.94. The molecule has 2 saturated heterocycles. The molecule has 4 rings (SSSR count). The summed E-state index contributed by atoms with van der Waals surface area (Å²) in [6, 6.07) is 2.29. The topological polar surface area (TPSA) is 75.9 Å². The fourth-order valence-corrected chi connectivity index (χ4v) is 4.94. The lowest BCUT2D eigenvalue weighted by Crippen LogP contribution is -2.52. The Morgan fingerprint density at radius 2 is 1.82 bits per heavy atom. The number of hydrogen-bond acceptors (Lipinski definition) is 6. The molecule has 1 unspecified atom stereocenters. The number of carbonyl (C=O) groups is 1. The third-order valence-electron chi connectivity index (χ3n) is 6.46. The molecule has 1 amide bonds. The van der Waals surface area contributed by atoms with E-state index in [4.69, 9.17) is 9.72 Å².